The van der Waals surface area contributed by atoms with Gasteiger partial charge in [0, 0.05) is 13.7 Å². The normalized spacial score (nSPS) is 29.6. The highest BCUT2D eigenvalue weighted by Gasteiger charge is 2.50. The lowest BCUT2D eigenvalue weighted by atomic mass is 9.81. The van der Waals surface area contributed by atoms with Gasteiger partial charge in [0.15, 0.2) is 0 Å². The van der Waals surface area contributed by atoms with Crippen molar-refractivity contribution in [1.82, 2.24) is 4.90 Å². The Hall–Kier alpha value is -0.940. The minimum Gasteiger partial charge on any atom is -0.396 e. The van der Waals surface area contributed by atoms with Gasteiger partial charge in [-0.3, -0.25) is 14.5 Å². The van der Waals surface area contributed by atoms with Crippen molar-refractivity contribution in [1.29, 1.82) is 0 Å². The minimum atomic E-state index is -0.314. The topological polar surface area (TPSA) is 66.8 Å². The Kier molecular flexibility index (Phi) is 4.35. The Morgan fingerprint density at radius 2 is 1.83 bits per heavy atom. The zero-order valence-corrected chi connectivity index (χ0v) is 10.8. The van der Waals surface area contributed by atoms with E-state index in [0.29, 0.717) is 13.0 Å². The number of likely N-dealkylation sites (tertiary alicyclic amines) is 1. The van der Waals surface area contributed by atoms with Gasteiger partial charge in [0.05, 0.1) is 24.5 Å². The van der Waals surface area contributed by atoms with Crippen LogP contribution in [0.5, 0.6) is 0 Å². The van der Waals surface area contributed by atoms with E-state index in [1.165, 1.54) is 4.90 Å². The maximum absolute atomic E-state index is 12.3. The monoisotopic (exact) mass is 255 g/mol. The van der Waals surface area contributed by atoms with Crippen molar-refractivity contribution in [3.8, 4) is 0 Å². The number of amides is 2. The molecule has 3 atom stereocenters. The molecule has 1 saturated heterocycles. The van der Waals surface area contributed by atoms with Gasteiger partial charge in [0.2, 0.25) is 11.8 Å². The van der Waals surface area contributed by atoms with Crippen molar-refractivity contribution in [2.75, 3.05) is 20.3 Å². The van der Waals surface area contributed by atoms with E-state index in [4.69, 9.17) is 9.84 Å². The van der Waals surface area contributed by atoms with Crippen LogP contribution in [0.1, 0.15) is 32.1 Å². The molecule has 0 spiro atoms. The average Bonchev–Trinajstić information content (AvgIpc) is 2.63. The van der Waals surface area contributed by atoms with E-state index in [1.807, 2.05) is 0 Å². The van der Waals surface area contributed by atoms with Crippen molar-refractivity contribution in [2.45, 2.75) is 38.1 Å². The third-order valence-corrected chi connectivity index (χ3v) is 4.06. The summed E-state index contributed by atoms with van der Waals surface area (Å²) in [6, 6.07) is -0.314. The van der Waals surface area contributed by atoms with E-state index in [9.17, 15) is 9.59 Å². The SMILES string of the molecule is COCC(CCO)N1C(=O)C2CCCCC2C1=O. The summed E-state index contributed by atoms with van der Waals surface area (Å²) in [6.45, 7) is 0.262. The molecule has 18 heavy (non-hydrogen) atoms. The summed E-state index contributed by atoms with van der Waals surface area (Å²) in [5.74, 6) is -0.353. The lowest BCUT2D eigenvalue weighted by molar-refractivity contribution is -0.144. The number of ether oxygens (including phenoxy) is 1. The number of rotatable bonds is 5. The van der Waals surface area contributed by atoms with Crippen molar-refractivity contribution >= 4 is 11.8 Å². The molecule has 1 heterocycles. The van der Waals surface area contributed by atoms with Gasteiger partial charge in [-0.2, -0.15) is 0 Å². The zero-order chi connectivity index (χ0) is 13.1. The molecular weight excluding hydrogens is 234 g/mol. The van der Waals surface area contributed by atoms with Gasteiger partial charge in [0.25, 0.3) is 0 Å². The summed E-state index contributed by atoms with van der Waals surface area (Å²) >= 11 is 0. The number of hydrogen-bond donors (Lipinski definition) is 1. The Morgan fingerprint density at radius 3 is 2.28 bits per heavy atom. The highest BCUT2D eigenvalue weighted by molar-refractivity contribution is 6.05. The van der Waals surface area contributed by atoms with Crippen LogP contribution in [0.15, 0.2) is 0 Å². The average molecular weight is 255 g/mol. The predicted molar refractivity (Wildman–Crippen MR) is 64.7 cm³/mol. The van der Waals surface area contributed by atoms with Crippen molar-refractivity contribution in [3.63, 3.8) is 0 Å². The molecule has 0 radical (unpaired) electrons. The molecule has 2 rings (SSSR count). The second kappa shape index (κ2) is 5.80. The second-order valence-electron chi connectivity index (χ2n) is 5.17. The van der Waals surface area contributed by atoms with Gasteiger partial charge in [-0.1, -0.05) is 12.8 Å². The van der Waals surface area contributed by atoms with Gasteiger partial charge in [-0.05, 0) is 19.3 Å². The fraction of sp³-hybridized carbons (Fsp3) is 0.846. The Labute approximate surface area is 107 Å². The predicted octanol–water partition coefficient (Wildman–Crippen LogP) is 0.559. The molecule has 1 saturated carbocycles. The molecule has 2 fully saturated rings. The molecule has 5 heteroatoms. The van der Waals surface area contributed by atoms with Gasteiger partial charge in [0.1, 0.15) is 0 Å². The molecule has 0 aromatic heterocycles. The molecule has 0 bridgehead atoms. The summed E-state index contributed by atoms with van der Waals surface area (Å²) in [4.78, 5) is 26.0. The van der Waals surface area contributed by atoms with E-state index in [0.717, 1.165) is 25.7 Å². The first-order valence-electron chi connectivity index (χ1n) is 6.67. The first kappa shape index (κ1) is 13.5. The third-order valence-electron chi connectivity index (χ3n) is 4.06. The first-order valence-corrected chi connectivity index (χ1v) is 6.67. The largest absolute Gasteiger partial charge is 0.396 e. The van der Waals surface area contributed by atoms with E-state index in [2.05, 4.69) is 0 Å². The van der Waals surface area contributed by atoms with Crippen LogP contribution in [0.2, 0.25) is 0 Å². The zero-order valence-electron chi connectivity index (χ0n) is 10.8. The van der Waals surface area contributed by atoms with Crippen LogP contribution in [-0.2, 0) is 14.3 Å². The van der Waals surface area contributed by atoms with Crippen LogP contribution in [-0.4, -0.2) is 48.2 Å². The van der Waals surface area contributed by atoms with E-state index >= 15 is 0 Å². The maximum atomic E-state index is 12.3. The molecule has 0 aromatic carbocycles. The second-order valence-corrected chi connectivity index (χ2v) is 5.17. The van der Waals surface area contributed by atoms with Gasteiger partial charge < -0.3 is 9.84 Å². The summed E-state index contributed by atoms with van der Waals surface area (Å²) in [7, 11) is 1.54. The molecule has 3 unspecified atom stereocenters. The number of methoxy groups -OCH3 is 1. The molecule has 1 aliphatic heterocycles. The molecule has 2 amide bonds. The van der Waals surface area contributed by atoms with Gasteiger partial charge in [-0.15, -0.1) is 0 Å². The van der Waals surface area contributed by atoms with Crippen LogP contribution in [0.3, 0.4) is 0 Å². The summed E-state index contributed by atoms with van der Waals surface area (Å²) in [6.07, 6.45) is 4.10. The van der Waals surface area contributed by atoms with Crippen molar-refractivity contribution < 1.29 is 19.4 Å². The fourth-order valence-electron chi connectivity index (χ4n) is 3.18. The number of carbonyl (C=O) groups is 2. The minimum absolute atomic E-state index is 0.0413. The molecule has 102 valence electrons. The van der Waals surface area contributed by atoms with Crippen molar-refractivity contribution in [3.05, 3.63) is 0 Å². The Morgan fingerprint density at radius 1 is 1.28 bits per heavy atom. The molecule has 0 aromatic rings. The molecule has 5 nitrogen and oxygen atoms in total. The van der Waals surface area contributed by atoms with Crippen molar-refractivity contribution in [2.24, 2.45) is 11.8 Å². The maximum Gasteiger partial charge on any atom is 0.233 e. The summed E-state index contributed by atoms with van der Waals surface area (Å²) < 4.78 is 5.06. The smallest absolute Gasteiger partial charge is 0.233 e. The number of fused-ring (bicyclic) bond motifs is 1. The Balaban J connectivity index is 2.15. The van der Waals surface area contributed by atoms with Gasteiger partial charge >= 0.3 is 0 Å². The van der Waals surface area contributed by atoms with Crippen LogP contribution >= 0.6 is 0 Å². The number of imide groups is 1. The number of carbonyl (C=O) groups excluding carboxylic acids is 2. The lowest BCUT2D eigenvalue weighted by Crippen LogP contribution is -2.43. The van der Waals surface area contributed by atoms with Crippen LogP contribution < -0.4 is 0 Å². The standard InChI is InChI=1S/C13H21NO4/c1-18-8-9(6-7-15)14-12(16)10-4-2-3-5-11(10)13(14)17/h9-11,15H,2-8H2,1H3. The number of nitrogens with zero attached hydrogens (tertiary/aromatic N) is 1. The highest BCUT2D eigenvalue weighted by atomic mass is 16.5. The number of aliphatic hydroxyl groups excluding tert-OH is 1. The van der Waals surface area contributed by atoms with Gasteiger partial charge in [-0.25, -0.2) is 0 Å². The quantitative estimate of drug-likeness (QED) is 0.729. The third kappa shape index (κ3) is 2.29. The summed E-state index contributed by atoms with van der Waals surface area (Å²) in [5, 5.41) is 9.05. The summed E-state index contributed by atoms with van der Waals surface area (Å²) in [5.41, 5.74) is 0. The number of hydrogen-bond acceptors (Lipinski definition) is 4. The first-order chi connectivity index (χ1) is 8.70. The van der Waals surface area contributed by atoms with E-state index < -0.39 is 0 Å². The van der Waals surface area contributed by atoms with Crippen LogP contribution in [0, 0.1) is 11.8 Å². The lowest BCUT2D eigenvalue weighted by Gasteiger charge is -2.25. The highest BCUT2D eigenvalue weighted by Crippen LogP contribution is 2.39. The molecule has 1 aliphatic carbocycles. The Bertz CT molecular complexity index is 301. The van der Waals surface area contributed by atoms with Crippen LogP contribution in [0.4, 0.5) is 0 Å². The van der Waals surface area contributed by atoms with E-state index in [-0.39, 0.29) is 36.3 Å². The molecule has 2 aliphatic rings. The molecular formula is C13H21NO4. The van der Waals surface area contributed by atoms with Crippen LogP contribution in [0.25, 0.3) is 0 Å². The number of aliphatic hydroxyl groups is 1. The fourth-order valence-corrected chi connectivity index (χ4v) is 3.18. The van der Waals surface area contributed by atoms with E-state index in [1.54, 1.807) is 7.11 Å². The molecule has 1 N–H and O–H groups in total.